The highest BCUT2D eigenvalue weighted by Crippen LogP contribution is 2.32. The summed E-state index contributed by atoms with van der Waals surface area (Å²) in [4.78, 5) is 17.7. The van der Waals surface area contributed by atoms with Crippen molar-refractivity contribution in [1.29, 1.82) is 0 Å². The third-order valence-electron chi connectivity index (χ3n) is 3.60. The monoisotopic (exact) mass is 341 g/mol. The van der Waals surface area contributed by atoms with Crippen LogP contribution in [0.2, 0.25) is 4.34 Å². The fourth-order valence-electron chi connectivity index (χ4n) is 2.40. The number of thiazole rings is 1. The Morgan fingerprint density at radius 2 is 2.38 bits per heavy atom. The smallest absolute Gasteiger partial charge is 0.271 e. The second-order valence-corrected chi connectivity index (χ2v) is 7.68. The molecule has 3 rings (SSSR count). The molecule has 1 aliphatic heterocycles. The zero-order valence-electron chi connectivity index (χ0n) is 11.6. The number of carbonyl (C=O) groups is 1. The van der Waals surface area contributed by atoms with Gasteiger partial charge in [0.2, 0.25) is 0 Å². The van der Waals surface area contributed by atoms with Crippen LogP contribution >= 0.6 is 34.3 Å². The molecule has 0 saturated carbocycles. The normalized spacial score (nSPS) is 22.2. The largest absolute Gasteiger partial charge is 0.346 e. The quantitative estimate of drug-likeness (QED) is 0.899. The average Bonchev–Trinajstić information content (AvgIpc) is 3.10. The van der Waals surface area contributed by atoms with Gasteiger partial charge in [-0.3, -0.25) is 4.79 Å². The minimum absolute atomic E-state index is 0.0966. The standard InChI is InChI=1S/C14H16ClN3OS2/c1-8-9(3-2-6-16-8)17-13(19)10-7-20-14(18-10)11-4-5-12(15)21-11/h4-5,7-9,16H,2-3,6H2,1H3,(H,17,19). The van der Waals surface area contributed by atoms with Crippen molar-refractivity contribution in [3.8, 4) is 9.88 Å². The van der Waals surface area contributed by atoms with E-state index in [1.807, 2.05) is 12.1 Å². The number of rotatable bonds is 3. The van der Waals surface area contributed by atoms with Crippen LogP contribution in [0.3, 0.4) is 0 Å². The van der Waals surface area contributed by atoms with Crippen molar-refractivity contribution >= 4 is 40.2 Å². The molecule has 2 N–H and O–H groups in total. The molecule has 0 aromatic carbocycles. The molecule has 2 atom stereocenters. The average molecular weight is 342 g/mol. The first-order chi connectivity index (χ1) is 10.1. The van der Waals surface area contributed by atoms with Crippen molar-refractivity contribution in [3.63, 3.8) is 0 Å². The summed E-state index contributed by atoms with van der Waals surface area (Å²) in [5.74, 6) is -0.0966. The summed E-state index contributed by atoms with van der Waals surface area (Å²) in [6.45, 7) is 3.12. The summed E-state index contributed by atoms with van der Waals surface area (Å²) in [7, 11) is 0. The number of hydrogen-bond acceptors (Lipinski definition) is 5. The number of hydrogen-bond donors (Lipinski definition) is 2. The molecule has 2 aromatic heterocycles. The fraction of sp³-hybridized carbons (Fsp3) is 0.429. The van der Waals surface area contributed by atoms with Crippen molar-refractivity contribution in [2.75, 3.05) is 6.54 Å². The second kappa shape index (κ2) is 6.44. The summed E-state index contributed by atoms with van der Waals surface area (Å²) in [5.41, 5.74) is 0.484. The molecule has 21 heavy (non-hydrogen) atoms. The molecule has 1 aliphatic rings. The van der Waals surface area contributed by atoms with E-state index in [2.05, 4.69) is 22.5 Å². The van der Waals surface area contributed by atoms with E-state index in [4.69, 9.17) is 11.6 Å². The molecule has 4 nitrogen and oxygen atoms in total. The molecule has 0 bridgehead atoms. The fourth-order valence-corrected chi connectivity index (χ4v) is 4.32. The van der Waals surface area contributed by atoms with Crippen molar-refractivity contribution < 1.29 is 4.79 Å². The molecule has 2 unspecified atom stereocenters. The Kier molecular flexibility index (Phi) is 4.59. The van der Waals surface area contributed by atoms with Gasteiger partial charge in [0.1, 0.15) is 10.7 Å². The lowest BCUT2D eigenvalue weighted by Gasteiger charge is -2.30. The zero-order valence-corrected chi connectivity index (χ0v) is 13.9. The third kappa shape index (κ3) is 3.45. The predicted octanol–water partition coefficient (Wildman–Crippen LogP) is 3.40. The second-order valence-electron chi connectivity index (χ2n) is 5.11. The number of nitrogens with one attached hydrogen (secondary N) is 2. The first-order valence-electron chi connectivity index (χ1n) is 6.89. The third-order valence-corrected chi connectivity index (χ3v) is 5.84. The van der Waals surface area contributed by atoms with Crippen molar-refractivity contribution in [1.82, 2.24) is 15.6 Å². The Labute approximate surface area is 136 Å². The van der Waals surface area contributed by atoms with E-state index in [1.54, 1.807) is 5.38 Å². The van der Waals surface area contributed by atoms with Gasteiger partial charge in [-0.25, -0.2) is 4.98 Å². The predicted molar refractivity (Wildman–Crippen MR) is 88.4 cm³/mol. The maximum atomic E-state index is 12.3. The van der Waals surface area contributed by atoms with E-state index >= 15 is 0 Å². The number of aromatic nitrogens is 1. The van der Waals surface area contributed by atoms with Gasteiger partial charge in [0.25, 0.3) is 5.91 Å². The molecular formula is C14H16ClN3OS2. The van der Waals surface area contributed by atoms with Gasteiger partial charge in [-0.2, -0.15) is 0 Å². The van der Waals surface area contributed by atoms with Gasteiger partial charge in [-0.1, -0.05) is 11.6 Å². The summed E-state index contributed by atoms with van der Waals surface area (Å²) in [6.07, 6.45) is 2.10. The maximum Gasteiger partial charge on any atom is 0.271 e. The van der Waals surface area contributed by atoms with Crippen LogP contribution in [-0.2, 0) is 0 Å². The summed E-state index contributed by atoms with van der Waals surface area (Å²) >= 11 is 8.88. The van der Waals surface area contributed by atoms with Crippen LogP contribution in [-0.4, -0.2) is 29.5 Å². The Morgan fingerprint density at radius 1 is 1.52 bits per heavy atom. The molecule has 0 radical (unpaired) electrons. The number of amides is 1. The van der Waals surface area contributed by atoms with Crippen LogP contribution in [0.1, 0.15) is 30.3 Å². The first kappa shape index (κ1) is 15.0. The molecule has 0 spiro atoms. The van der Waals surface area contributed by atoms with Crippen LogP contribution in [0, 0.1) is 0 Å². The van der Waals surface area contributed by atoms with Crippen molar-refractivity contribution in [2.45, 2.75) is 31.8 Å². The highest BCUT2D eigenvalue weighted by atomic mass is 35.5. The highest BCUT2D eigenvalue weighted by molar-refractivity contribution is 7.23. The lowest BCUT2D eigenvalue weighted by molar-refractivity contribution is 0.0915. The molecule has 1 fully saturated rings. The van der Waals surface area contributed by atoms with Crippen LogP contribution in [0.4, 0.5) is 0 Å². The molecule has 3 heterocycles. The number of thiophene rings is 1. The Morgan fingerprint density at radius 3 is 3.10 bits per heavy atom. The minimum atomic E-state index is -0.0966. The number of nitrogens with zero attached hydrogens (tertiary/aromatic N) is 1. The van der Waals surface area contributed by atoms with Gasteiger partial charge in [0, 0.05) is 17.5 Å². The van der Waals surface area contributed by atoms with Crippen LogP contribution in [0.15, 0.2) is 17.5 Å². The molecule has 1 saturated heterocycles. The Hall–Kier alpha value is -0.950. The molecule has 2 aromatic rings. The Balaban J connectivity index is 1.69. The molecule has 7 heteroatoms. The van der Waals surface area contributed by atoms with Gasteiger partial charge in [0.15, 0.2) is 0 Å². The molecular weight excluding hydrogens is 326 g/mol. The first-order valence-corrected chi connectivity index (χ1v) is 8.96. The lowest BCUT2D eigenvalue weighted by Crippen LogP contribution is -2.51. The van der Waals surface area contributed by atoms with E-state index in [1.165, 1.54) is 22.7 Å². The van der Waals surface area contributed by atoms with E-state index < -0.39 is 0 Å². The molecule has 1 amide bonds. The number of carbonyl (C=O) groups excluding carboxylic acids is 1. The van der Waals surface area contributed by atoms with Crippen LogP contribution in [0.25, 0.3) is 9.88 Å². The van der Waals surface area contributed by atoms with Gasteiger partial charge in [0.05, 0.1) is 9.21 Å². The highest BCUT2D eigenvalue weighted by Gasteiger charge is 2.24. The van der Waals surface area contributed by atoms with E-state index in [-0.39, 0.29) is 11.9 Å². The van der Waals surface area contributed by atoms with Gasteiger partial charge < -0.3 is 10.6 Å². The van der Waals surface area contributed by atoms with E-state index in [9.17, 15) is 4.79 Å². The van der Waals surface area contributed by atoms with Gasteiger partial charge in [-0.15, -0.1) is 22.7 Å². The van der Waals surface area contributed by atoms with Crippen LogP contribution in [0.5, 0.6) is 0 Å². The minimum Gasteiger partial charge on any atom is -0.346 e. The maximum absolute atomic E-state index is 12.3. The van der Waals surface area contributed by atoms with Crippen molar-refractivity contribution in [3.05, 3.63) is 27.5 Å². The topological polar surface area (TPSA) is 54.0 Å². The molecule has 0 aliphatic carbocycles. The number of halogens is 1. The van der Waals surface area contributed by atoms with Gasteiger partial charge in [-0.05, 0) is 38.4 Å². The lowest BCUT2D eigenvalue weighted by atomic mass is 10.00. The van der Waals surface area contributed by atoms with Crippen molar-refractivity contribution in [2.24, 2.45) is 0 Å². The van der Waals surface area contributed by atoms with E-state index in [0.717, 1.165) is 33.6 Å². The van der Waals surface area contributed by atoms with E-state index in [0.29, 0.717) is 11.7 Å². The zero-order chi connectivity index (χ0) is 14.8. The summed E-state index contributed by atoms with van der Waals surface area (Å²) < 4.78 is 0.730. The number of piperidine rings is 1. The Bertz CT molecular complexity index is 640. The van der Waals surface area contributed by atoms with Crippen LogP contribution < -0.4 is 10.6 Å². The SMILES string of the molecule is CC1NCCCC1NC(=O)c1csc(-c2ccc(Cl)s2)n1. The summed E-state index contributed by atoms with van der Waals surface area (Å²) in [5, 5.41) is 9.10. The molecule has 112 valence electrons. The van der Waals surface area contributed by atoms with Gasteiger partial charge >= 0.3 is 0 Å². The summed E-state index contributed by atoms with van der Waals surface area (Å²) in [6, 6.07) is 4.25.